The molecule has 0 atom stereocenters. The second-order valence-electron chi connectivity index (χ2n) is 4.71. The van der Waals surface area contributed by atoms with Gasteiger partial charge in [-0.25, -0.2) is 0 Å². The first-order valence-corrected chi connectivity index (χ1v) is 7.58. The van der Waals surface area contributed by atoms with E-state index in [1.807, 2.05) is 49.4 Å². The molecule has 106 valence electrons. The van der Waals surface area contributed by atoms with Crippen LogP contribution in [0.2, 0.25) is 0 Å². The van der Waals surface area contributed by atoms with E-state index in [0.29, 0.717) is 17.5 Å². The van der Waals surface area contributed by atoms with Gasteiger partial charge in [0.25, 0.3) is 5.89 Å². The second-order valence-corrected chi connectivity index (χ2v) is 5.73. The zero-order chi connectivity index (χ0) is 14.7. The van der Waals surface area contributed by atoms with E-state index in [0.717, 1.165) is 16.1 Å². The summed E-state index contributed by atoms with van der Waals surface area (Å²) in [5, 5.41) is 4.01. The summed E-state index contributed by atoms with van der Waals surface area (Å²) in [7, 11) is 0. The number of benzene rings is 2. The largest absolute Gasteiger partial charge is 0.398 e. The maximum absolute atomic E-state index is 5.96. The molecule has 21 heavy (non-hydrogen) atoms. The van der Waals surface area contributed by atoms with Gasteiger partial charge in [0, 0.05) is 16.1 Å². The zero-order valence-corrected chi connectivity index (χ0v) is 12.4. The van der Waals surface area contributed by atoms with Crippen molar-refractivity contribution in [1.82, 2.24) is 10.1 Å². The quantitative estimate of drug-likeness (QED) is 0.584. The fraction of sp³-hybridized carbons (Fsp3) is 0.125. The lowest BCUT2D eigenvalue weighted by Gasteiger charge is -2.04. The van der Waals surface area contributed by atoms with Crippen molar-refractivity contribution in [3.05, 3.63) is 59.9 Å². The third-order valence-corrected chi connectivity index (χ3v) is 4.08. The van der Waals surface area contributed by atoms with E-state index in [-0.39, 0.29) is 0 Å². The molecule has 0 bridgehead atoms. The van der Waals surface area contributed by atoms with Gasteiger partial charge < -0.3 is 10.3 Å². The monoisotopic (exact) mass is 297 g/mol. The fourth-order valence-corrected chi connectivity index (χ4v) is 2.83. The average molecular weight is 297 g/mol. The molecule has 0 spiro atoms. The number of hydrogen-bond donors (Lipinski definition) is 1. The number of nitrogens with two attached hydrogens (primary N) is 1. The van der Waals surface area contributed by atoms with Crippen LogP contribution in [0.15, 0.2) is 57.9 Å². The lowest BCUT2D eigenvalue weighted by molar-refractivity contribution is 0.425. The van der Waals surface area contributed by atoms with E-state index in [9.17, 15) is 0 Å². The van der Waals surface area contributed by atoms with Gasteiger partial charge >= 0.3 is 0 Å². The van der Waals surface area contributed by atoms with Crippen LogP contribution in [-0.2, 0) is 5.75 Å². The minimum Gasteiger partial charge on any atom is -0.398 e. The molecule has 0 saturated heterocycles. The van der Waals surface area contributed by atoms with Crippen molar-refractivity contribution in [3.63, 3.8) is 0 Å². The molecule has 1 heterocycles. The first kappa shape index (κ1) is 13.7. The van der Waals surface area contributed by atoms with Crippen LogP contribution in [0.4, 0.5) is 5.69 Å². The van der Waals surface area contributed by atoms with Crippen molar-refractivity contribution in [2.24, 2.45) is 0 Å². The molecule has 0 aliphatic rings. The van der Waals surface area contributed by atoms with Crippen LogP contribution < -0.4 is 5.73 Å². The van der Waals surface area contributed by atoms with Gasteiger partial charge in [-0.2, -0.15) is 4.98 Å². The van der Waals surface area contributed by atoms with Crippen LogP contribution in [0, 0.1) is 6.92 Å². The summed E-state index contributed by atoms with van der Waals surface area (Å²) >= 11 is 1.61. The van der Waals surface area contributed by atoms with Crippen LogP contribution in [0.1, 0.15) is 11.4 Å². The Hall–Kier alpha value is -2.27. The molecule has 2 N–H and O–H groups in total. The van der Waals surface area contributed by atoms with Crippen LogP contribution in [-0.4, -0.2) is 10.1 Å². The molecule has 0 aliphatic carbocycles. The van der Waals surface area contributed by atoms with Gasteiger partial charge in [-0.05, 0) is 36.8 Å². The first-order chi connectivity index (χ1) is 10.2. The lowest BCUT2D eigenvalue weighted by Crippen LogP contribution is -1.90. The van der Waals surface area contributed by atoms with Crippen LogP contribution >= 0.6 is 11.8 Å². The highest BCUT2D eigenvalue weighted by molar-refractivity contribution is 7.98. The summed E-state index contributed by atoms with van der Waals surface area (Å²) in [6, 6.07) is 15.7. The Morgan fingerprint density at radius 2 is 1.95 bits per heavy atom. The molecule has 0 saturated carbocycles. The van der Waals surface area contributed by atoms with Gasteiger partial charge in [0.2, 0.25) is 0 Å². The number of hydrogen-bond acceptors (Lipinski definition) is 5. The summed E-state index contributed by atoms with van der Waals surface area (Å²) < 4.78 is 5.29. The van der Waals surface area contributed by atoms with Crippen LogP contribution in [0.5, 0.6) is 0 Å². The molecule has 0 fully saturated rings. The van der Waals surface area contributed by atoms with E-state index in [2.05, 4.69) is 16.2 Å². The fourth-order valence-electron chi connectivity index (χ4n) is 1.92. The normalized spacial score (nSPS) is 10.7. The minimum atomic E-state index is 0.545. The van der Waals surface area contributed by atoms with E-state index in [1.165, 1.54) is 5.56 Å². The average Bonchev–Trinajstić information content (AvgIpc) is 2.98. The number of rotatable bonds is 4. The number of aryl methyl sites for hydroxylation is 1. The van der Waals surface area contributed by atoms with Crippen molar-refractivity contribution >= 4 is 17.4 Å². The third-order valence-electron chi connectivity index (χ3n) is 3.01. The maximum atomic E-state index is 5.96. The van der Waals surface area contributed by atoms with Crippen molar-refractivity contribution in [3.8, 4) is 11.5 Å². The van der Waals surface area contributed by atoms with Crippen LogP contribution in [0.25, 0.3) is 11.5 Å². The Morgan fingerprint density at radius 1 is 1.14 bits per heavy atom. The summed E-state index contributed by atoms with van der Waals surface area (Å²) in [4.78, 5) is 5.45. The predicted molar refractivity (Wildman–Crippen MR) is 84.9 cm³/mol. The van der Waals surface area contributed by atoms with E-state index >= 15 is 0 Å². The first-order valence-electron chi connectivity index (χ1n) is 6.59. The molecule has 3 rings (SSSR count). The Morgan fingerprint density at radius 3 is 2.76 bits per heavy atom. The van der Waals surface area contributed by atoms with Crippen LogP contribution in [0.3, 0.4) is 0 Å². The van der Waals surface area contributed by atoms with Gasteiger partial charge in [0.15, 0.2) is 5.82 Å². The number of aromatic nitrogens is 2. The molecular weight excluding hydrogens is 282 g/mol. The molecule has 1 aromatic heterocycles. The Bertz CT molecular complexity index is 740. The number of nitrogens with zero attached hydrogens (tertiary/aromatic N) is 2. The molecule has 2 aromatic carbocycles. The van der Waals surface area contributed by atoms with Crippen molar-refractivity contribution in [1.29, 1.82) is 0 Å². The van der Waals surface area contributed by atoms with E-state index in [1.54, 1.807) is 11.8 Å². The SMILES string of the molecule is Cc1ccc(N)c(SCc2noc(-c3ccccc3)n2)c1. The van der Waals surface area contributed by atoms with E-state index < -0.39 is 0 Å². The molecular formula is C16H15N3OS. The summed E-state index contributed by atoms with van der Waals surface area (Å²) in [5.74, 6) is 1.84. The molecule has 0 radical (unpaired) electrons. The Kier molecular flexibility index (Phi) is 3.92. The molecule has 5 heteroatoms. The molecule has 0 aliphatic heterocycles. The van der Waals surface area contributed by atoms with E-state index in [4.69, 9.17) is 10.3 Å². The Labute approximate surface area is 127 Å². The summed E-state index contributed by atoms with van der Waals surface area (Å²) in [6.07, 6.45) is 0. The predicted octanol–water partition coefficient (Wildman–Crippen LogP) is 3.92. The topological polar surface area (TPSA) is 64.9 Å². The highest BCUT2D eigenvalue weighted by atomic mass is 32.2. The maximum Gasteiger partial charge on any atom is 0.257 e. The van der Waals surface area contributed by atoms with Gasteiger partial charge in [0.1, 0.15) is 0 Å². The number of anilines is 1. The number of nitrogen functional groups attached to an aromatic ring is 1. The lowest BCUT2D eigenvalue weighted by atomic mass is 10.2. The second kappa shape index (κ2) is 6.01. The smallest absolute Gasteiger partial charge is 0.257 e. The summed E-state index contributed by atoms with van der Waals surface area (Å²) in [5.41, 5.74) is 8.85. The third kappa shape index (κ3) is 3.25. The van der Waals surface area contributed by atoms with Gasteiger partial charge in [-0.1, -0.05) is 29.4 Å². The highest BCUT2D eigenvalue weighted by Gasteiger charge is 2.09. The standard InChI is InChI=1S/C16H15N3OS/c1-11-7-8-13(17)14(9-11)21-10-15-18-16(20-19-15)12-5-3-2-4-6-12/h2-9H,10,17H2,1H3. The summed E-state index contributed by atoms with van der Waals surface area (Å²) in [6.45, 7) is 2.05. The molecule has 0 amide bonds. The molecule has 4 nitrogen and oxygen atoms in total. The van der Waals surface area contributed by atoms with Gasteiger partial charge in [0.05, 0.1) is 5.75 Å². The van der Waals surface area contributed by atoms with Crippen molar-refractivity contribution < 1.29 is 4.52 Å². The number of thioether (sulfide) groups is 1. The van der Waals surface area contributed by atoms with Crippen molar-refractivity contribution in [2.45, 2.75) is 17.6 Å². The van der Waals surface area contributed by atoms with Crippen molar-refractivity contribution in [2.75, 3.05) is 5.73 Å². The molecule has 0 unspecified atom stereocenters. The van der Waals surface area contributed by atoms with Gasteiger partial charge in [-0.3, -0.25) is 0 Å². The van der Waals surface area contributed by atoms with Gasteiger partial charge in [-0.15, -0.1) is 11.8 Å². The zero-order valence-electron chi connectivity index (χ0n) is 11.6. The Balaban J connectivity index is 1.72. The highest BCUT2D eigenvalue weighted by Crippen LogP contribution is 2.28. The minimum absolute atomic E-state index is 0.545. The molecule has 3 aromatic rings.